The molecular weight excluding hydrogens is 380 g/mol. The van der Waals surface area contributed by atoms with Crippen molar-refractivity contribution in [2.45, 2.75) is 6.42 Å². The van der Waals surface area contributed by atoms with Gasteiger partial charge in [-0.05, 0) is 12.1 Å². The van der Waals surface area contributed by atoms with E-state index in [2.05, 4.69) is 0 Å². The number of non-ortho nitro benzene ring substituents is 1. The van der Waals surface area contributed by atoms with Gasteiger partial charge in [0.25, 0.3) is 5.69 Å². The van der Waals surface area contributed by atoms with Gasteiger partial charge in [0.1, 0.15) is 5.75 Å². The van der Waals surface area contributed by atoms with Crippen molar-refractivity contribution in [3.63, 3.8) is 0 Å². The summed E-state index contributed by atoms with van der Waals surface area (Å²) in [5.41, 5.74) is 0.460. The van der Waals surface area contributed by atoms with E-state index in [1.54, 1.807) is 24.3 Å². The lowest BCUT2D eigenvalue weighted by Crippen LogP contribution is -2.27. The minimum absolute atomic E-state index is 0.0267. The molecule has 3 rings (SSSR count). The average Bonchev–Trinajstić information content (AvgIpc) is 3.13. The first-order valence-electron chi connectivity index (χ1n) is 8.77. The summed E-state index contributed by atoms with van der Waals surface area (Å²) in [5.74, 6) is -1.57. The zero-order valence-electron chi connectivity index (χ0n) is 15.6. The third-order valence-corrected chi connectivity index (χ3v) is 4.55. The highest BCUT2D eigenvalue weighted by Gasteiger charge is 2.36. The number of amides is 1. The lowest BCUT2D eigenvalue weighted by Gasteiger charge is -2.17. The molecule has 1 aliphatic heterocycles. The maximum Gasteiger partial charge on any atom is 0.311 e. The molecule has 29 heavy (non-hydrogen) atoms. The van der Waals surface area contributed by atoms with Gasteiger partial charge in [-0.15, -0.1) is 0 Å². The minimum atomic E-state index is -0.702. The maximum absolute atomic E-state index is 12.3. The van der Waals surface area contributed by atoms with Gasteiger partial charge in [-0.25, -0.2) is 0 Å². The van der Waals surface area contributed by atoms with Crippen LogP contribution in [0, 0.1) is 16.0 Å². The molecule has 0 saturated carbocycles. The first-order chi connectivity index (χ1) is 13.9. The number of carbonyl (C=O) groups excluding carboxylic acids is 3. The number of Topliss-reactive ketones (excluding diaryl/α,β-unsaturated/α-hetero) is 1. The molecular formula is C20H18N2O7. The fraction of sp³-hybridized carbons (Fsp3) is 0.250. The largest absolute Gasteiger partial charge is 0.497 e. The molecule has 1 aliphatic rings. The molecule has 0 N–H and O–H groups in total. The van der Waals surface area contributed by atoms with E-state index in [9.17, 15) is 24.5 Å². The lowest BCUT2D eigenvalue weighted by atomic mass is 10.1. The topological polar surface area (TPSA) is 116 Å². The van der Waals surface area contributed by atoms with Crippen LogP contribution < -0.4 is 9.64 Å². The number of rotatable bonds is 7. The first kappa shape index (κ1) is 20.0. The van der Waals surface area contributed by atoms with E-state index < -0.39 is 29.2 Å². The average molecular weight is 398 g/mol. The van der Waals surface area contributed by atoms with Crippen molar-refractivity contribution < 1.29 is 28.8 Å². The Hall–Kier alpha value is -3.75. The molecule has 0 spiro atoms. The minimum Gasteiger partial charge on any atom is -0.497 e. The molecule has 0 aromatic heterocycles. The third kappa shape index (κ3) is 4.57. The summed E-state index contributed by atoms with van der Waals surface area (Å²) >= 11 is 0. The number of ketones is 1. The number of anilines is 1. The van der Waals surface area contributed by atoms with Crippen molar-refractivity contribution in [2.75, 3.05) is 25.2 Å². The fourth-order valence-electron chi connectivity index (χ4n) is 3.02. The van der Waals surface area contributed by atoms with E-state index in [4.69, 9.17) is 9.47 Å². The highest BCUT2D eigenvalue weighted by Crippen LogP contribution is 2.28. The zero-order chi connectivity index (χ0) is 21.0. The second-order valence-electron chi connectivity index (χ2n) is 6.45. The number of nitrogens with zero attached hydrogens (tertiary/aromatic N) is 2. The van der Waals surface area contributed by atoms with Gasteiger partial charge in [-0.3, -0.25) is 24.5 Å². The molecule has 1 atom stereocenters. The standard InChI is InChI=1S/C20H18N2O7/c1-28-17-7-3-5-15(10-17)21-11-14(9-19(21)24)20(25)29-12-18(23)13-4-2-6-16(8-13)22(26)27/h2-8,10,14H,9,11-12H2,1H3. The van der Waals surface area contributed by atoms with Crippen LogP contribution in [0.4, 0.5) is 11.4 Å². The summed E-state index contributed by atoms with van der Waals surface area (Å²) in [5, 5.41) is 10.8. The van der Waals surface area contributed by atoms with Crippen molar-refractivity contribution in [3.8, 4) is 5.75 Å². The van der Waals surface area contributed by atoms with Crippen molar-refractivity contribution >= 4 is 29.0 Å². The molecule has 2 aromatic carbocycles. The Morgan fingerprint density at radius 1 is 1.21 bits per heavy atom. The van der Waals surface area contributed by atoms with Gasteiger partial charge in [-0.1, -0.05) is 18.2 Å². The number of hydrogen-bond acceptors (Lipinski definition) is 7. The predicted molar refractivity (Wildman–Crippen MR) is 102 cm³/mol. The molecule has 9 heteroatoms. The van der Waals surface area contributed by atoms with E-state index in [0.717, 1.165) is 6.07 Å². The summed E-state index contributed by atoms with van der Waals surface area (Å²) in [6, 6.07) is 12.1. The summed E-state index contributed by atoms with van der Waals surface area (Å²) in [6.45, 7) is -0.417. The van der Waals surface area contributed by atoms with Crippen LogP contribution in [-0.4, -0.2) is 42.8 Å². The molecule has 150 valence electrons. The summed E-state index contributed by atoms with van der Waals surface area (Å²) in [7, 11) is 1.52. The van der Waals surface area contributed by atoms with Crippen LogP contribution >= 0.6 is 0 Å². The van der Waals surface area contributed by atoms with Gasteiger partial charge < -0.3 is 14.4 Å². The van der Waals surface area contributed by atoms with Gasteiger partial charge in [-0.2, -0.15) is 0 Å². The summed E-state index contributed by atoms with van der Waals surface area (Å²) < 4.78 is 10.2. The second kappa shape index (κ2) is 8.51. The van der Waals surface area contributed by atoms with Crippen LogP contribution in [0.1, 0.15) is 16.8 Å². The van der Waals surface area contributed by atoms with Crippen molar-refractivity contribution in [2.24, 2.45) is 5.92 Å². The highest BCUT2D eigenvalue weighted by atomic mass is 16.6. The first-order valence-corrected chi connectivity index (χ1v) is 8.77. The fourth-order valence-corrected chi connectivity index (χ4v) is 3.02. The van der Waals surface area contributed by atoms with Crippen molar-refractivity contribution in [1.29, 1.82) is 0 Å². The zero-order valence-corrected chi connectivity index (χ0v) is 15.6. The number of benzene rings is 2. The van der Waals surface area contributed by atoms with Gasteiger partial charge in [0, 0.05) is 42.4 Å². The molecule has 9 nitrogen and oxygen atoms in total. The smallest absolute Gasteiger partial charge is 0.311 e. The molecule has 1 saturated heterocycles. The van der Waals surface area contributed by atoms with Crippen LogP contribution in [0.15, 0.2) is 48.5 Å². The number of hydrogen-bond donors (Lipinski definition) is 0. The molecule has 1 fully saturated rings. The number of methoxy groups -OCH3 is 1. The molecule has 2 aromatic rings. The van der Waals surface area contributed by atoms with E-state index in [1.807, 2.05) is 0 Å². The predicted octanol–water partition coefficient (Wildman–Crippen LogP) is 2.38. The Morgan fingerprint density at radius 3 is 2.69 bits per heavy atom. The Morgan fingerprint density at radius 2 is 1.97 bits per heavy atom. The van der Waals surface area contributed by atoms with Crippen LogP contribution in [0.2, 0.25) is 0 Å². The second-order valence-corrected chi connectivity index (χ2v) is 6.45. The van der Waals surface area contributed by atoms with Crippen LogP contribution in [0.25, 0.3) is 0 Å². The quantitative estimate of drug-likeness (QED) is 0.304. The number of nitro benzene ring substituents is 1. The van der Waals surface area contributed by atoms with E-state index in [-0.39, 0.29) is 30.1 Å². The van der Waals surface area contributed by atoms with Crippen molar-refractivity contribution in [1.82, 2.24) is 0 Å². The van der Waals surface area contributed by atoms with E-state index in [0.29, 0.717) is 11.4 Å². The normalized spacial score (nSPS) is 15.8. The van der Waals surface area contributed by atoms with Gasteiger partial charge in [0.05, 0.1) is 18.0 Å². The number of ether oxygens (including phenoxy) is 2. The molecule has 1 amide bonds. The molecule has 0 radical (unpaired) electrons. The van der Waals surface area contributed by atoms with Gasteiger partial charge in [0.15, 0.2) is 6.61 Å². The Labute approximate surface area is 166 Å². The van der Waals surface area contributed by atoms with E-state index >= 15 is 0 Å². The monoisotopic (exact) mass is 398 g/mol. The third-order valence-electron chi connectivity index (χ3n) is 4.55. The molecule has 1 heterocycles. The van der Waals surface area contributed by atoms with E-state index in [1.165, 1.54) is 30.2 Å². The summed E-state index contributed by atoms with van der Waals surface area (Å²) in [6.07, 6.45) is -0.0267. The van der Waals surface area contributed by atoms with Gasteiger partial charge in [0.2, 0.25) is 11.7 Å². The number of nitro groups is 1. The molecule has 0 aliphatic carbocycles. The Kier molecular flexibility index (Phi) is 5.87. The Bertz CT molecular complexity index is 973. The van der Waals surface area contributed by atoms with Crippen LogP contribution in [-0.2, 0) is 14.3 Å². The number of carbonyl (C=O) groups is 3. The molecule has 1 unspecified atom stereocenters. The molecule has 0 bridgehead atoms. The lowest BCUT2D eigenvalue weighted by molar-refractivity contribution is -0.384. The van der Waals surface area contributed by atoms with Gasteiger partial charge >= 0.3 is 5.97 Å². The summed E-state index contributed by atoms with van der Waals surface area (Å²) in [4.78, 5) is 48.4. The Balaban J connectivity index is 1.60. The maximum atomic E-state index is 12.3. The SMILES string of the molecule is COc1cccc(N2CC(C(=O)OCC(=O)c3cccc([N+](=O)[O-])c3)CC2=O)c1. The van der Waals surface area contributed by atoms with Crippen LogP contribution in [0.5, 0.6) is 5.75 Å². The van der Waals surface area contributed by atoms with Crippen molar-refractivity contribution in [3.05, 3.63) is 64.2 Å². The number of esters is 1. The highest BCUT2D eigenvalue weighted by molar-refractivity contribution is 6.01. The van der Waals surface area contributed by atoms with Crippen LogP contribution in [0.3, 0.4) is 0 Å².